The van der Waals surface area contributed by atoms with Gasteiger partial charge in [0.15, 0.2) is 0 Å². The third-order valence-corrected chi connectivity index (χ3v) is 4.04. The molecule has 0 saturated heterocycles. The van der Waals surface area contributed by atoms with Crippen LogP contribution >= 0.6 is 15.9 Å². The Kier molecular flexibility index (Phi) is 5.12. The summed E-state index contributed by atoms with van der Waals surface area (Å²) in [6, 6.07) is 12.3. The van der Waals surface area contributed by atoms with Crippen molar-refractivity contribution in [2.75, 3.05) is 19.5 Å². The van der Waals surface area contributed by atoms with Crippen LogP contribution in [0, 0.1) is 6.92 Å². The van der Waals surface area contributed by atoms with E-state index >= 15 is 0 Å². The minimum absolute atomic E-state index is 0.131. The maximum atomic E-state index is 5.48. The molecule has 3 nitrogen and oxygen atoms in total. The van der Waals surface area contributed by atoms with Crippen LogP contribution in [0.25, 0.3) is 0 Å². The molecule has 1 N–H and O–H groups in total. The maximum absolute atomic E-state index is 5.48. The molecule has 0 amide bonds. The summed E-state index contributed by atoms with van der Waals surface area (Å²) in [5, 5.41) is 3.47. The summed E-state index contributed by atoms with van der Waals surface area (Å²) < 4.78 is 11.7. The summed E-state index contributed by atoms with van der Waals surface area (Å²) in [6.07, 6.45) is 0. The van der Waals surface area contributed by atoms with E-state index in [1.165, 1.54) is 5.56 Å². The smallest absolute Gasteiger partial charge is 0.135 e. The van der Waals surface area contributed by atoms with E-state index in [-0.39, 0.29) is 6.04 Å². The van der Waals surface area contributed by atoms with Crippen molar-refractivity contribution >= 4 is 21.6 Å². The van der Waals surface area contributed by atoms with Crippen LogP contribution in [-0.4, -0.2) is 14.2 Å². The Hall–Kier alpha value is -1.68. The number of halogens is 1. The van der Waals surface area contributed by atoms with E-state index < -0.39 is 0 Å². The fraction of sp³-hybridized carbons (Fsp3) is 0.294. The van der Waals surface area contributed by atoms with Crippen molar-refractivity contribution in [3.8, 4) is 11.5 Å². The number of nitrogens with one attached hydrogen (secondary N) is 1. The van der Waals surface area contributed by atoms with E-state index in [4.69, 9.17) is 9.47 Å². The molecule has 1 unspecified atom stereocenters. The van der Waals surface area contributed by atoms with Gasteiger partial charge in [0.1, 0.15) is 11.5 Å². The van der Waals surface area contributed by atoms with Crippen LogP contribution in [0.2, 0.25) is 0 Å². The molecular weight excluding hydrogens is 330 g/mol. The molecule has 21 heavy (non-hydrogen) atoms. The summed E-state index contributed by atoms with van der Waals surface area (Å²) >= 11 is 3.46. The molecule has 0 aliphatic rings. The topological polar surface area (TPSA) is 30.5 Å². The first-order valence-electron chi connectivity index (χ1n) is 6.79. The molecule has 0 fully saturated rings. The monoisotopic (exact) mass is 349 g/mol. The highest BCUT2D eigenvalue weighted by molar-refractivity contribution is 9.10. The van der Waals surface area contributed by atoms with Gasteiger partial charge in [0.05, 0.1) is 24.7 Å². The first kappa shape index (κ1) is 15.7. The maximum Gasteiger partial charge on any atom is 0.135 e. The number of anilines is 1. The molecule has 0 radical (unpaired) electrons. The minimum Gasteiger partial charge on any atom is -0.496 e. The Morgan fingerprint density at radius 1 is 1.00 bits per heavy atom. The van der Waals surface area contributed by atoms with Gasteiger partial charge in [0, 0.05) is 17.3 Å². The van der Waals surface area contributed by atoms with Crippen molar-refractivity contribution in [1.82, 2.24) is 0 Å². The zero-order valence-corrected chi connectivity index (χ0v) is 14.3. The first-order chi connectivity index (χ1) is 10.0. The molecule has 2 aromatic rings. The van der Waals surface area contributed by atoms with Crippen molar-refractivity contribution in [3.05, 3.63) is 52.0 Å². The number of methoxy groups -OCH3 is 2. The molecule has 0 aliphatic carbocycles. The third kappa shape index (κ3) is 3.70. The molecule has 0 aliphatic heterocycles. The lowest BCUT2D eigenvalue weighted by atomic mass is 10.0. The van der Waals surface area contributed by atoms with Crippen molar-refractivity contribution in [2.45, 2.75) is 19.9 Å². The number of rotatable bonds is 5. The largest absolute Gasteiger partial charge is 0.496 e. The second-order valence-electron chi connectivity index (χ2n) is 4.96. The number of benzene rings is 2. The Morgan fingerprint density at radius 3 is 2.38 bits per heavy atom. The van der Waals surface area contributed by atoms with Crippen LogP contribution in [0.3, 0.4) is 0 Å². The van der Waals surface area contributed by atoms with Crippen LogP contribution in [0.1, 0.15) is 24.1 Å². The standard InChI is InChI=1S/C17H20BrNO2/c1-11-5-7-14(16(9-11)20-3)12(2)19-13-6-8-15(18)17(10-13)21-4/h5-10,12,19H,1-4H3. The van der Waals surface area contributed by atoms with E-state index in [9.17, 15) is 0 Å². The molecule has 112 valence electrons. The SMILES string of the molecule is COc1cc(NC(C)c2ccc(C)cc2OC)ccc1Br. The van der Waals surface area contributed by atoms with Gasteiger partial charge in [0.2, 0.25) is 0 Å². The minimum atomic E-state index is 0.131. The zero-order chi connectivity index (χ0) is 15.4. The van der Waals surface area contributed by atoms with E-state index in [1.807, 2.05) is 18.2 Å². The molecule has 0 heterocycles. The predicted octanol–water partition coefficient (Wildman–Crippen LogP) is 4.95. The second kappa shape index (κ2) is 6.85. The van der Waals surface area contributed by atoms with E-state index in [0.29, 0.717) is 0 Å². The van der Waals surface area contributed by atoms with Gasteiger partial charge < -0.3 is 14.8 Å². The summed E-state index contributed by atoms with van der Waals surface area (Å²) in [7, 11) is 3.37. The molecule has 4 heteroatoms. The summed E-state index contributed by atoms with van der Waals surface area (Å²) in [6.45, 7) is 4.17. The molecule has 1 atom stereocenters. The highest BCUT2D eigenvalue weighted by atomic mass is 79.9. The lowest BCUT2D eigenvalue weighted by Gasteiger charge is -2.19. The van der Waals surface area contributed by atoms with Crippen molar-refractivity contribution < 1.29 is 9.47 Å². The molecule has 0 bridgehead atoms. The Balaban J connectivity index is 2.23. The fourth-order valence-corrected chi connectivity index (χ4v) is 2.66. The lowest BCUT2D eigenvalue weighted by Crippen LogP contribution is -2.08. The number of hydrogen-bond acceptors (Lipinski definition) is 3. The number of ether oxygens (including phenoxy) is 2. The average Bonchev–Trinajstić information content (AvgIpc) is 2.48. The molecule has 2 aromatic carbocycles. The molecular formula is C17H20BrNO2. The normalized spacial score (nSPS) is 11.9. The molecule has 0 aromatic heterocycles. The Bertz CT molecular complexity index is 628. The quantitative estimate of drug-likeness (QED) is 0.828. The van der Waals surface area contributed by atoms with Gasteiger partial charge >= 0.3 is 0 Å². The average molecular weight is 350 g/mol. The summed E-state index contributed by atoms with van der Waals surface area (Å²) in [5.74, 6) is 1.71. The van der Waals surface area contributed by atoms with E-state index in [1.54, 1.807) is 14.2 Å². The van der Waals surface area contributed by atoms with Crippen LogP contribution in [-0.2, 0) is 0 Å². The van der Waals surface area contributed by atoms with Crippen molar-refractivity contribution in [1.29, 1.82) is 0 Å². The van der Waals surface area contributed by atoms with Gasteiger partial charge in [-0.25, -0.2) is 0 Å². The molecule has 0 spiro atoms. The van der Waals surface area contributed by atoms with Gasteiger partial charge in [-0.3, -0.25) is 0 Å². The van der Waals surface area contributed by atoms with Crippen LogP contribution < -0.4 is 14.8 Å². The number of hydrogen-bond donors (Lipinski definition) is 1. The predicted molar refractivity (Wildman–Crippen MR) is 90.5 cm³/mol. The van der Waals surface area contributed by atoms with Crippen LogP contribution in [0.5, 0.6) is 11.5 Å². The van der Waals surface area contributed by atoms with Crippen molar-refractivity contribution in [2.24, 2.45) is 0 Å². The summed E-state index contributed by atoms with van der Waals surface area (Å²) in [5.41, 5.74) is 3.32. The van der Waals surface area contributed by atoms with Gasteiger partial charge in [-0.15, -0.1) is 0 Å². The summed E-state index contributed by atoms with van der Waals surface area (Å²) in [4.78, 5) is 0. The van der Waals surface area contributed by atoms with Gasteiger partial charge in [-0.2, -0.15) is 0 Å². The van der Waals surface area contributed by atoms with E-state index in [0.717, 1.165) is 27.2 Å². The highest BCUT2D eigenvalue weighted by Crippen LogP contribution is 2.32. The fourth-order valence-electron chi connectivity index (χ4n) is 2.25. The molecule has 2 rings (SSSR count). The van der Waals surface area contributed by atoms with E-state index in [2.05, 4.69) is 53.3 Å². The van der Waals surface area contributed by atoms with Crippen molar-refractivity contribution in [3.63, 3.8) is 0 Å². The number of aryl methyl sites for hydroxylation is 1. The van der Waals surface area contributed by atoms with Gasteiger partial charge in [0.25, 0.3) is 0 Å². The lowest BCUT2D eigenvalue weighted by molar-refractivity contribution is 0.407. The van der Waals surface area contributed by atoms with Crippen LogP contribution in [0.4, 0.5) is 5.69 Å². The third-order valence-electron chi connectivity index (χ3n) is 3.39. The Labute approximate surface area is 134 Å². The second-order valence-corrected chi connectivity index (χ2v) is 5.82. The molecule has 0 saturated carbocycles. The van der Waals surface area contributed by atoms with Gasteiger partial charge in [-0.05, 0) is 53.5 Å². The Morgan fingerprint density at radius 2 is 1.71 bits per heavy atom. The first-order valence-corrected chi connectivity index (χ1v) is 7.59. The highest BCUT2D eigenvalue weighted by Gasteiger charge is 2.12. The van der Waals surface area contributed by atoms with Gasteiger partial charge in [-0.1, -0.05) is 12.1 Å². The zero-order valence-electron chi connectivity index (χ0n) is 12.7. The van der Waals surface area contributed by atoms with Crippen LogP contribution in [0.15, 0.2) is 40.9 Å².